The van der Waals surface area contributed by atoms with Crippen LogP contribution in [0.15, 0.2) is 35.8 Å². The van der Waals surface area contributed by atoms with Crippen LogP contribution < -0.4 is 5.32 Å². The highest BCUT2D eigenvalue weighted by Gasteiger charge is 2.20. The number of benzene rings is 1. The van der Waals surface area contributed by atoms with E-state index in [9.17, 15) is 9.59 Å². The predicted octanol–water partition coefficient (Wildman–Crippen LogP) is 2.78. The first-order valence-corrected chi connectivity index (χ1v) is 10.3. The summed E-state index contributed by atoms with van der Waals surface area (Å²) in [4.78, 5) is 35.9. The van der Waals surface area contributed by atoms with Gasteiger partial charge in [-0.25, -0.2) is 4.98 Å². The summed E-state index contributed by atoms with van der Waals surface area (Å²) >= 11 is 1.40. The van der Waals surface area contributed by atoms with Crippen molar-refractivity contribution in [2.45, 2.75) is 12.8 Å². The molecule has 0 bridgehead atoms. The number of hydrogen-bond donors (Lipinski definition) is 2. The zero-order valence-electron chi connectivity index (χ0n) is 15.8. The van der Waals surface area contributed by atoms with Crippen LogP contribution in [-0.4, -0.2) is 64.8 Å². The Morgan fingerprint density at radius 1 is 1.25 bits per heavy atom. The number of nitrogens with zero attached hydrogens (tertiary/aromatic N) is 3. The van der Waals surface area contributed by atoms with E-state index in [1.165, 1.54) is 11.3 Å². The highest BCUT2D eigenvalue weighted by molar-refractivity contribution is 7.14. The summed E-state index contributed by atoms with van der Waals surface area (Å²) in [5.41, 5.74) is 2.90. The fourth-order valence-electron chi connectivity index (χ4n) is 3.50. The molecular weight excluding hydrogens is 374 g/mol. The van der Waals surface area contributed by atoms with Crippen LogP contribution in [0, 0.1) is 0 Å². The van der Waals surface area contributed by atoms with Crippen LogP contribution in [0.3, 0.4) is 0 Å². The zero-order chi connectivity index (χ0) is 19.5. The second kappa shape index (κ2) is 8.12. The summed E-state index contributed by atoms with van der Waals surface area (Å²) in [5.74, 6) is -0.0831. The quantitative estimate of drug-likeness (QED) is 0.670. The SMILES string of the molecule is CN(CC(=O)Nc1nc(-c2c[nH]c3ccccc23)cs1)CC(=O)N1CCCC1. The molecule has 1 aliphatic heterocycles. The lowest BCUT2D eigenvalue weighted by Crippen LogP contribution is -2.40. The Morgan fingerprint density at radius 2 is 2.04 bits per heavy atom. The van der Waals surface area contributed by atoms with Crippen LogP contribution in [0.25, 0.3) is 22.2 Å². The van der Waals surface area contributed by atoms with Crippen LogP contribution >= 0.6 is 11.3 Å². The number of aromatic amines is 1. The van der Waals surface area contributed by atoms with Crippen molar-refractivity contribution < 1.29 is 9.59 Å². The van der Waals surface area contributed by atoms with Gasteiger partial charge >= 0.3 is 0 Å². The zero-order valence-corrected chi connectivity index (χ0v) is 16.6. The topological polar surface area (TPSA) is 81.3 Å². The lowest BCUT2D eigenvalue weighted by atomic mass is 10.1. The molecule has 8 heteroatoms. The molecule has 2 amide bonds. The van der Waals surface area contributed by atoms with Crippen molar-refractivity contribution in [1.82, 2.24) is 19.8 Å². The second-order valence-electron chi connectivity index (χ2n) is 7.09. The third kappa shape index (κ3) is 4.07. The van der Waals surface area contributed by atoms with Gasteiger partial charge in [-0.05, 0) is 26.0 Å². The Kier molecular flexibility index (Phi) is 5.40. The fraction of sp³-hybridized carbons (Fsp3) is 0.350. The number of thiazole rings is 1. The van der Waals surface area contributed by atoms with E-state index < -0.39 is 0 Å². The van der Waals surface area contributed by atoms with Gasteiger partial charge < -0.3 is 15.2 Å². The summed E-state index contributed by atoms with van der Waals surface area (Å²) in [6.07, 6.45) is 4.07. The number of likely N-dealkylation sites (tertiary alicyclic amines) is 1. The number of hydrogen-bond acceptors (Lipinski definition) is 5. The second-order valence-corrected chi connectivity index (χ2v) is 7.95. The van der Waals surface area contributed by atoms with E-state index >= 15 is 0 Å². The van der Waals surface area contributed by atoms with E-state index in [1.54, 1.807) is 11.9 Å². The number of rotatable bonds is 6. The van der Waals surface area contributed by atoms with Crippen molar-refractivity contribution in [3.8, 4) is 11.3 Å². The molecule has 28 heavy (non-hydrogen) atoms. The van der Waals surface area contributed by atoms with Gasteiger partial charge in [0.25, 0.3) is 0 Å². The summed E-state index contributed by atoms with van der Waals surface area (Å²) < 4.78 is 0. The summed E-state index contributed by atoms with van der Waals surface area (Å²) in [6, 6.07) is 8.05. The van der Waals surface area contributed by atoms with Crippen LogP contribution in [0.1, 0.15) is 12.8 Å². The van der Waals surface area contributed by atoms with Crippen molar-refractivity contribution in [3.05, 3.63) is 35.8 Å². The fourth-order valence-corrected chi connectivity index (χ4v) is 4.22. The van der Waals surface area contributed by atoms with Crippen molar-refractivity contribution in [1.29, 1.82) is 0 Å². The number of H-pyrrole nitrogens is 1. The molecule has 3 heterocycles. The number of likely N-dealkylation sites (N-methyl/N-ethyl adjacent to an activating group) is 1. The minimum atomic E-state index is -0.170. The Hall–Kier alpha value is -2.71. The third-order valence-electron chi connectivity index (χ3n) is 4.89. The molecule has 1 aromatic carbocycles. The average molecular weight is 398 g/mol. The highest BCUT2D eigenvalue weighted by atomic mass is 32.1. The van der Waals surface area contributed by atoms with Crippen LogP contribution in [-0.2, 0) is 9.59 Å². The molecule has 2 aromatic heterocycles. The first-order chi connectivity index (χ1) is 13.6. The molecule has 3 aromatic rings. The largest absolute Gasteiger partial charge is 0.360 e. The standard InChI is InChI=1S/C20H23N5O2S/c1-24(12-19(27)25-8-4-5-9-25)11-18(26)23-20-22-17(13-28-20)15-10-21-16-7-3-2-6-14(15)16/h2-3,6-7,10,13,21H,4-5,8-9,11-12H2,1H3,(H,22,23,26). The number of nitrogens with one attached hydrogen (secondary N) is 2. The first kappa shape index (κ1) is 18.6. The number of aromatic nitrogens is 2. The summed E-state index contributed by atoms with van der Waals surface area (Å²) in [6.45, 7) is 2.07. The molecule has 0 radical (unpaired) electrons. The maximum atomic E-state index is 12.3. The molecule has 1 fully saturated rings. The van der Waals surface area contributed by atoms with Gasteiger partial charge in [0, 0.05) is 41.1 Å². The normalized spacial score (nSPS) is 14.1. The van der Waals surface area contributed by atoms with Crippen LogP contribution in [0.4, 0.5) is 5.13 Å². The molecule has 4 rings (SSSR count). The van der Waals surface area contributed by atoms with E-state index in [2.05, 4.69) is 15.3 Å². The Morgan fingerprint density at radius 3 is 2.86 bits per heavy atom. The van der Waals surface area contributed by atoms with Crippen molar-refractivity contribution in [3.63, 3.8) is 0 Å². The molecule has 1 aliphatic rings. The van der Waals surface area contributed by atoms with Gasteiger partial charge in [0.15, 0.2) is 5.13 Å². The van der Waals surface area contributed by atoms with Gasteiger partial charge in [0.1, 0.15) is 0 Å². The molecule has 1 saturated heterocycles. The third-order valence-corrected chi connectivity index (χ3v) is 5.65. The molecule has 2 N–H and O–H groups in total. The highest BCUT2D eigenvalue weighted by Crippen LogP contribution is 2.30. The van der Waals surface area contributed by atoms with E-state index in [4.69, 9.17) is 0 Å². The Labute approximate surface area is 167 Å². The van der Waals surface area contributed by atoms with E-state index in [0.29, 0.717) is 5.13 Å². The van der Waals surface area contributed by atoms with Crippen LogP contribution in [0.2, 0.25) is 0 Å². The summed E-state index contributed by atoms with van der Waals surface area (Å²) in [5, 5.41) is 6.44. The lowest BCUT2D eigenvalue weighted by Gasteiger charge is -2.20. The molecular formula is C20H23N5O2S. The van der Waals surface area contributed by atoms with E-state index in [-0.39, 0.29) is 24.9 Å². The number of carbonyl (C=O) groups excluding carboxylic acids is 2. The molecule has 0 atom stereocenters. The van der Waals surface area contributed by atoms with E-state index in [1.807, 2.05) is 40.7 Å². The van der Waals surface area contributed by atoms with Gasteiger partial charge in [-0.1, -0.05) is 18.2 Å². The first-order valence-electron chi connectivity index (χ1n) is 9.38. The smallest absolute Gasteiger partial charge is 0.240 e. The monoisotopic (exact) mass is 397 g/mol. The minimum Gasteiger partial charge on any atom is -0.360 e. The molecule has 0 aliphatic carbocycles. The minimum absolute atomic E-state index is 0.0867. The Bertz CT molecular complexity index is 989. The van der Waals surface area contributed by atoms with Gasteiger partial charge in [0.2, 0.25) is 11.8 Å². The number of para-hydroxylation sites is 1. The number of amides is 2. The molecule has 0 unspecified atom stereocenters. The van der Waals surface area contributed by atoms with Gasteiger partial charge in [-0.3, -0.25) is 14.5 Å². The van der Waals surface area contributed by atoms with E-state index in [0.717, 1.165) is 48.1 Å². The maximum Gasteiger partial charge on any atom is 0.240 e. The van der Waals surface area contributed by atoms with Gasteiger partial charge in [-0.2, -0.15) is 0 Å². The van der Waals surface area contributed by atoms with Gasteiger partial charge in [0.05, 0.1) is 18.8 Å². The Balaban J connectivity index is 1.34. The van der Waals surface area contributed by atoms with Crippen molar-refractivity contribution in [2.24, 2.45) is 0 Å². The molecule has 7 nitrogen and oxygen atoms in total. The number of carbonyl (C=O) groups is 2. The molecule has 0 spiro atoms. The number of fused-ring (bicyclic) bond motifs is 1. The maximum absolute atomic E-state index is 12.3. The number of anilines is 1. The van der Waals surface area contributed by atoms with Crippen molar-refractivity contribution >= 4 is 39.2 Å². The van der Waals surface area contributed by atoms with Crippen LogP contribution in [0.5, 0.6) is 0 Å². The molecule has 0 saturated carbocycles. The average Bonchev–Trinajstić information content (AvgIpc) is 3.41. The molecule has 146 valence electrons. The summed E-state index contributed by atoms with van der Waals surface area (Å²) in [7, 11) is 1.78. The van der Waals surface area contributed by atoms with Crippen molar-refractivity contribution in [2.75, 3.05) is 38.5 Å². The predicted molar refractivity (Wildman–Crippen MR) is 111 cm³/mol. The lowest BCUT2D eigenvalue weighted by molar-refractivity contribution is -0.131. The van der Waals surface area contributed by atoms with Gasteiger partial charge in [-0.15, -0.1) is 11.3 Å².